The molecule has 0 spiro atoms. The highest BCUT2D eigenvalue weighted by atomic mass is 79.9. The number of anilines is 2. The molecule has 130 valence electrons. The summed E-state index contributed by atoms with van der Waals surface area (Å²) in [4.78, 5) is 10.5. The fraction of sp³-hybridized carbons (Fsp3) is 0.235. The largest absolute Gasteiger partial charge is 0.269 e. The van der Waals surface area contributed by atoms with Crippen molar-refractivity contribution in [3.8, 4) is 0 Å². The lowest BCUT2D eigenvalue weighted by Gasteiger charge is -2.28. The summed E-state index contributed by atoms with van der Waals surface area (Å²) in [5.74, 6) is 0.800. The number of hydrogen-bond acceptors (Lipinski definition) is 6. The molecular weight excluding hydrogens is 386 g/mol. The number of hydrazone groups is 1. The molecule has 0 aliphatic carbocycles. The van der Waals surface area contributed by atoms with Gasteiger partial charge in [0.2, 0.25) is 0 Å². The molecule has 2 aromatic rings. The van der Waals surface area contributed by atoms with Gasteiger partial charge in [-0.05, 0) is 36.4 Å². The van der Waals surface area contributed by atoms with Crippen LogP contribution in [0, 0.1) is 15.5 Å². The lowest BCUT2D eigenvalue weighted by Crippen LogP contribution is -2.46. The number of rotatable bonds is 3. The SMILES string of the molecule is CC(C)(C)C1=NN(c2ccc(Br)cc2)N(c2ccc([N+](=O)[O-])cc2)N1. The van der Waals surface area contributed by atoms with E-state index in [0.717, 1.165) is 21.7 Å². The molecule has 3 rings (SSSR count). The number of nitrogens with zero attached hydrogens (tertiary/aromatic N) is 4. The van der Waals surface area contributed by atoms with E-state index in [0.29, 0.717) is 0 Å². The molecule has 7 nitrogen and oxygen atoms in total. The Kier molecular flexibility index (Phi) is 4.38. The van der Waals surface area contributed by atoms with Gasteiger partial charge in [-0.2, -0.15) is 10.2 Å². The standard InChI is InChI=1S/C17H18BrN5O2/c1-17(2,3)16-19-21(13-6-4-12(18)5-7-13)22(20-16)14-8-10-15(11-9-14)23(24)25/h4-11H,1-3H3,(H,19,20). The van der Waals surface area contributed by atoms with Crippen LogP contribution in [0.3, 0.4) is 0 Å². The van der Waals surface area contributed by atoms with Gasteiger partial charge in [0.1, 0.15) is 0 Å². The summed E-state index contributed by atoms with van der Waals surface area (Å²) in [5, 5.41) is 19.1. The lowest BCUT2D eigenvalue weighted by molar-refractivity contribution is -0.384. The maximum Gasteiger partial charge on any atom is 0.269 e. The van der Waals surface area contributed by atoms with Crippen molar-refractivity contribution in [1.29, 1.82) is 0 Å². The lowest BCUT2D eigenvalue weighted by atomic mass is 9.95. The van der Waals surface area contributed by atoms with Crippen LogP contribution in [0.25, 0.3) is 0 Å². The number of halogens is 1. The molecule has 25 heavy (non-hydrogen) atoms. The molecule has 1 aliphatic rings. The van der Waals surface area contributed by atoms with Gasteiger partial charge in [-0.25, -0.2) is 0 Å². The summed E-state index contributed by atoms with van der Waals surface area (Å²) in [6.07, 6.45) is 0. The molecule has 0 aromatic heterocycles. The molecule has 0 saturated carbocycles. The second-order valence-electron chi connectivity index (χ2n) is 6.66. The average molecular weight is 404 g/mol. The van der Waals surface area contributed by atoms with Crippen LogP contribution in [0.4, 0.5) is 17.1 Å². The normalized spacial score (nSPS) is 14.3. The Balaban J connectivity index is 1.98. The molecule has 2 aromatic carbocycles. The molecule has 0 saturated heterocycles. The number of nitro groups is 1. The summed E-state index contributed by atoms with van der Waals surface area (Å²) in [6, 6.07) is 14.1. The van der Waals surface area contributed by atoms with Crippen molar-refractivity contribution in [3.63, 3.8) is 0 Å². The van der Waals surface area contributed by atoms with Crippen molar-refractivity contribution >= 4 is 38.8 Å². The van der Waals surface area contributed by atoms with Crippen LogP contribution < -0.4 is 15.7 Å². The molecule has 0 fully saturated rings. The Morgan fingerprint density at radius 1 is 1.04 bits per heavy atom. The van der Waals surface area contributed by atoms with E-state index >= 15 is 0 Å². The van der Waals surface area contributed by atoms with Crippen molar-refractivity contribution in [2.75, 3.05) is 10.2 Å². The summed E-state index contributed by atoms with van der Waals surface area (Å²) in [7, 11) is 0. The van der Waals surface area contributed by atoms with Gasteiger partial charge in [-0.15, -0.1) is 5.10 Å². The summed E-state index contributed by atoms with van der Waals surface area (Å²) in [6.45, 7) is 6.20. The summed E-state index contributed by atoms with van der Waals surface area (Å²) in [5.41, 5.74) is 4.78. The number of hydrazine groups is 2. The van der Waals surface area contributed by atoms with Crippen LogP contribution in [0.5, 0.6) is 0 Å². The minimum atomic E-state index is -0.412. The van der Waals surface area contributed by atoms with E-state index in [4.69, 9.17) is 5.10 Å². The molecule has 8 heteroatoms. The van der Waals surface area contributed by atoms with Crippen molar-refractivity contribution < 1.29 is 4.92 Å². The quantitative estimate of drug-likeness (QED) is 0.604. The minimum Gasteiger partial charge on any atom is -0.262 e. The molecule has 0 amide bonds. The Morgan fingerprint density at radius 3 is 2.12 bits per heavy atom. The average Bonchev–Trinajstić information content (AvgIpc) is 3.01. The molecule has 1 N–H and O–H groups in total. The molecule has 1 aliphatic heterocycles. The fourth-order valence-corrected chi connectivity index (χ4v) is 2.53. The van der Waals surface area contributed by atoms with Crippen LogP contribution in [0.1, 0.15) is 20.8 Å². The number of hydrogen-bond donors (Lipinski definition) is 1. The first-order chi connectivity index (χ1) is 11.8. The van der Waals surface area contributed by atoms with Gasteiger partial charge in [-0.3, -0.25) is 15.5 Å². The zero-order valence-corrected chi connectivity index (χ0v) is 15.7. The van der Waals surface area contributed by atoms with Crippen molar-refractivity contribution in [1.82, 2.24) is 5.43 Å². The number of nitrogens with one attached hydrogen (secondary N) is 1. The third kappa shape index (κ3) is 3.58. The van der Waals surface area contributed by atoms with Gasteiger partial charge in [0.15, 0.2) is 5.84 Å². The first-order valence-corrected chi connectivity index (χ1v) is 8.51. The van der Waals surface area contributed by atoms with Gasteiger partial charge in [-0.1, -0.05) is 36.7 Å². The zero-order valence-electron chi connectivity index (χ0n) is 14.1. The van der Waals surface area contributed by atoms with Gasteiger partial charge >= 0.3 is 0 Å². The van der Waals surface area contributed by atoms with Crippen LogP contribution in [0.2, 0.25) is 0 Å². The van der Waals surface area contributed by atoms with E-state index in [9.17, 15) is 10.1 Å². The minimum absolute atomic E-state index is 0.0510. The highest BCUT2D eigenvalue weighted by Gasteiger charge is 2.32. The second kappa shape index (κ2) is 6.36. The van der Waals surface area contributed by atoms with E-state index in [1.807, 2.05) is 24.3 Å². The molecule has 0 bridgehead atoms. The molecule has 0 radical (unpaired) electrons. The van der Waals surface area contributed by atoms with E-state index in [1.165, 1.54) is 12.1 Å². The first-order valence-electron chi connectivity index (χ1n) is 7.71. The number of nitro benzene ring substituents is 1. The Labute approximate surface area is 154 Å². The van der Waals surface area contributed by atoms with Crippen LogP contribution in [0.15, 0.2) is 58.1 Å². The predicted octanol–water partition coefficient (Wildman–Crippen LogP) is 4.46. The van der Waals surface area contributed by atoms with Crippen LogP contribution in [-0.2, 0) is 0 Å². The van der Waals surface area contributed by atoms with Gasteiger partial charge < -0.3 is 0 Å². The van der Waals surface area contributed by atoms with Gasteiger partial charge in [0.05, 0.1) is 16.3 Å². The maximum absolute atomic E-state index is 10.9. The first kappa shape index (κ1) is 17.2. The maximum atomic E-state index is 10.9. The molecule has 0 unspecified atom stereocenters. The van der Waals surface area contributed by atoms with Crippen LogP contribution >= 0.6 is 15.9 Å². The monoisotopic (exact) mass is 403 g/mol. The molecule has 1 heterocycles. The summed E-state index contributed by atoms with van der Waals surface area (Å²) < 4.78 is 0.977. The van der Waals surface area contributed by atoms with Crippen molar-refractivity contribution in [2.24, 2.45) is 10.5 Å². The second-order valence-corrected chi connectivity index (χ2v) is 7.58. The highest BCUT2D eigenvalue weighted by molar-refractivity contribution is 9.10. The topological polar surface area (TPSA) is 74.0 Å². The van der Waals surface area contributed by atoms with E-state index < -0.39 is 4.92 Å². The Morgan fingerprint density at radius 2 is 1.60 bits per heavy atom. The van der Waals surface area contributed by atoms with Crippen molar-refractivity contribution in [3.05, 3.63) is 63.1 Å². The van der Waals surface area contributed by atoms with E-state index in [1.54, 1.807) is 22.4 Å². The van der Waals surface area contributed by atoms with Crippen molar-refractivity contribution in [2.45, 2.75) is 20.8 Å². The third-order valence-electron chi connectivity index (χ3n) is 3.67. The van der Waals surface area contributed by atoms with E-state index in [2.05, 4.69) is 42.1 Å². The Bertz CT molecular complexity index is 812. The summed E-state index contributed by atoms with van der Waals surface area (Å²) >= 11 is 3.43. The smallest absolute Gasteiger partial charge is 0.262 e. The highest BCUT2D eigenvalue weighted by Crippen LogP contribution is 2.30. The molecule has 0 atom stereocenters. The zero-order chi connectivity index (χ0) is 18.2. The fourth-order valence-electron chi connectivity index (χ4n) is 2.26. The Hall–Kier alpha value is -2.61. The third-order valence-corrected chi connectivity index (χ3v) is 4.20. The number of benzene rings is 2. The van der Waals surface area contributed by atoms with Gasteiger partial charge in [0, 0.05) is 22.0 Å². The number of non-ortho nitro benzene ring substituents is 1. The predicted molar refractivity (Wildman–Crippen MR) is 102 cm³/mol. The number of amidine groups is 1. The molecular formula is C17H18BrN5O2. The van der Waals surface area contributed by atoms with Gasteiger partial charge in [0.25, 0.3) is 5.69 Å². The van der Waals surface area contributed by atoms with Crippen LogP contribution in [-0.4, -0.2) is 10.8 Å². The van der Waals surface area contributed by atoms with E-state index in [-0.39, 0.29) is 11.1 Å².